The molecule has 0 spiro atoms. The Morgan fingerprint density at radius 1 is 0.963 bits per heavy atom. The van der Waals surface area contributed by atoms with E-state index in [-0.39, 0.29) is 24.4 Å². The lowest BCUT2D eigenvalue weighted by Crippen LogP contribution is -2.20. The molecule has 2 aromatic carbocycles. The van der Waals surface area contributed by atoms with Gasteiger partial charge in [0.25, 0.3) is 5.91 Å². The number of amides is 1. The maximum Gasteiger partial charge on any atom is 0.338 e. The SMILES string of the molecule is CCOc1ccccc1OCC(=O)Nc1ccc(C(=O)OCC(C)C)cc1. The predicted molar refractivity (Wildman–Crippen MR) is 103 cm³/mol. The lowest BCUT2D eigenvalue weighted by molar-refractivity contribution is -0.118. The number of anilines is 1. The third-order valence-corrected chi connectivity index (χ3v) is 3.46. The van der Waals surface area contributed by atoms with Crippen LogP contribution in [0.2, 0.25) is 0 Å². The summed E-state index contributed by atoms with van der Waals surface area (Å²) < 4.78 is 16.2. The Balaban J connectivity index is 1.86. The largest absolute Gasteiger partial charge is 0.490 e. The van der Waals surface area contributed by atoms with Gasteiger partial charge in [0.05, 0.1) is 18.8 Å². The lowest BCUT2D eigenvalue weighted by Gasteiger charge is -2.12. The molecule has 0 saturated heterocycles. The van der Waals surface area contributed by atoms with E-state index >= 15 is 0 Å². The number of hydrogen-bond acceptors (Lipinski definition) is 5. The highest BCUT2D eigenvalue weighted by molar-refractivity contribution is 5.93. The molecule has 2 rings (SSSR count). The summed E-state index contributed by atoms with van der Waals surface area (Å²) in [6.45, 7) is 6.56. The maximum atomic E-state index is 12.1. The summed E-state index contributed by atoms with van der Waals surface area (Å²) in [5.41, 5.74) is 1.01. The van der Waals surface area contributed by atoms with Gasteiger partial charge in [-0.25, -0.2) is 4.79 Å². The van der Waals surface area contributed by atoms with Crippen molar-refractivity contribution >= 4 is 17.6 Å². The lowest BCUT2D eigenvalue weighted by atomic mass is 10.2. The van der Waals surface area contributed by atoms with Crippen LogP contribution in [0.15, 0.2) is 48.5 Å². The molecule has 6 nitrogen and oxygen atoms in total. The molecular formula is C21H25NO5. The van der Waals surface area contributed by atoms with Crippen molar-refractivity contribution in [3.05, 3.63) is 54.1 Å². The quantitative estimate of drug-likeness (QED) is 0.677. The van der Waals surface area contributed by atoms with Gasteiger partial charge in [-0.15, -0.1) is 0 Å². The van der Waals surface area contributed by atoms with Gasteiger partial charge < -0.3 is 19.5 Å². The number of hydrogen-bond donors (Lipinski definition) is 1. The number of carbonyl (C=O) groups is 2. The third-order valence-electron chi connectivity index (χ3n) is 3.46. The van der Waals surface area contributed by atoms with Crippen LogP contribution >= 0.6 is 0 Å². The van der Waals surface area contributed by atoms with Crippen molar-refractivity contribution in [3.8, 4) is 11.5 Å². The van der Waals surface area contributed by atoms with Gasteiger partial charge in [0.1, 0.15) is 0 Å². The van der Waals surface area contributed by atoms with E-state index in [1.54, 1.807) is 36.4 Å². The van der Waals surface area contributed by atoms with Gasteiger partial charge in [-0.3, -0.25) is 4.79 Å². The highest BCUT2D eigenvalue weighted by atomic mass is 16.5. The third kappa shape index (κ3) is 6.66. The van der Waals surface area contributed by atoms with Crippen molar-refractivity contribution < 1.29 is 23.8 Å². The molecule has 1 N–H and O–H groups in total. The van der Waals surface area contributed by atoms with Crippen LogP contribution in [0.1, 0.15) is 31.1 Å². The molecule has 0 atom stereocenters. The van der Waals surface area contributed by atoms with E-state index < -0.39 is 0 Å². The summed E-state index contributed by atoms with van der Waals surface area (Å²) in [4.78, 5) is 24.0. The molecule has 0 saturated carbocycles. The summed E-state index contributed by atoms with van der Waals surface area (Å²) in [5.74, 6) is 0.698. The Labute approximate surface area is 159 Å². The second-order valence-electron chi connectivity index (χ2n) is 6.29. The summed E-state index contributed by atoms with van der Waals surface area (Å²) in [6.07, 6.45) is 0. The molecule has 27 heavy (non-hydrogen) atoms. The van der Waals surface area contributed by atoms with Crippen LogP contribution in [-0.4, -0.2) is 31.7 Å². The Morgan fingerprint density at radius 2 is 1.59 bits per heavy atom. The van der Waals surface area contributed by atoms with E-state index in [0.29, 0.717) is 36.0 Å². The molecule has 0 aliphatic carbocycles. The van der Waals surface area contributed by atoms with Gasteiger partial charge >= 0.3 is 5.97 Å². The molecule has 0 aromatic heterocycles. The van der Waals surface area contributed by atoms with Gasteiger partial charge in [0, 0.05) is 5.69 Å². The first-order valence-corrected chi connectivity index (χ1v) is 8.91. The average Bonchev–Trinajstić information content (AvgIpc) is 2.66. The van der Waals surface area contributed by atoms with E-state index in [0.717, 1.165) is 0 Å². The Hall–Kier alpha value is -3.02. The normalized spacial score (nSPS) is 10.4. The standard InChI is InChI=1S/C21H25NO5/c1-4-25-18-7-5-6-8-19(18)26-14-20(23)22-17-11-9-16(10-12-17)21(24)27-13-15(2)3/h5-12,15H,4,13-14H2,1-3H3,(H,22,23). The molecule has 0 heterocycles. The highest BCUT2D eigenvalue weighted by Gasteiger charge is 2.10. The summed E-state index contributed by atoms with van der Waals surface area (Å²) >= 11 is 0. The van der Waals surface area contributed by atoms with Crippen LogP contribution in [0, 0.1) is 5.92 Å². The number of benzene rings is 2. The van der Waals surface area contributed by atoms with Crippen molar-refractivity contribution in [2.24, 2.45) is 5.92 Å². The first kappa shape index (κ1) is 20.3. The zero-order valence-corrected chi connectivity index (χ0v) is 15.9. The molecule has 1 amide bonds. The van der Waals surface area contributed by atoms with Crippen LogP contribution in [0.4, 0.5) is 5.69 Å². The minimum absolute atomic E-state index is 0.151. The molecule has 0 aliphatic rings. The zero-order chi connectivity index (χ0) is 19.6. The molecule has 0 radical (unpaired) electrons. The molecule has 144 valence electrons. The first-order chi connectivity index (χ1) is 13.0. The zero-order valence-electron chi connectivity index (χ0n) is 15.9. The molecule has 0 bridgehead atoms. The number of rotatable bonds is 9. The van der Waals surface area contributed by atoms with Gasteiger partial charge in [-0.05, 0) is 49.2 Å². The van der Waals surface area contributed by atoms with Crippen molar-refractivity contribution in [2.45, 2.75) is 20.8 Å². The van der Waals surface area contributed by atoms with Crippen LogP contribution < -0.4 is 14.8 Å². The number of para-hydroxylation sites is 2. The summed E-state index contributed by atoms with van der Waals surface area (Å²) in [7, 11) is 0. The van der Waals surface area contributed by atoms with Gasteiger partial charge in [0.2, 0.25) is 0 Å². The van der Waals surface area contributed by atoms with Crippen LogP contribution in [0.3, 0.4) is 0 Å². The number of nitrogens with one attached hydrogen (secondary N) is 1. The molecule has 0 aliphatic heterocycles. The Bertz CT molecular complexity index is 755. The van der Waals surface area contributed by atoms with Crippen molar-refractivity contribution in [2.75, 3.05) is 25.1 Å². The predicted octanol–water partition coefficient (Wildman–Crippen LogP) is 3.92. The smallest absolute Gasteiger partial charge is 0.338 e. The Morgan fingerprint density at radius 3 is 2.19 bits per heavy atom. The van der Waals surface area contributed by atoms with E-state index in [1.165, 1.54) is 0 Å². The molecule has 6 heteroatoms. The van der Waals surface area contributed by atoms with Gasteiger partial charge in [0.15, 0.2) is 18.1 Å². The van der Waals surface area contributed by atoms with Gasteiger partial charge in [-0.1, -0.05) is 26.0 Å². The second kappa shape index (κ2) is 10.2. The first-order valence-electron chi connectivity index (χ1n) is 8.91. The average molecular weight is 371 g/mol. The van der Waals surface area contributed by atoms with E-state index in [2.05, 4.69) is 5.32 Å². The fourth-order valence-electron chi connectivity index (χ4n) is 2.20. The van der Waals surface area contributed by atoms with Crippen molar-refractivity contribution in [1.29, 1.82) is 0 Å². The summed E-state index contributed by atoms with van der Waals surface area (Å²) in [5, 5.41) is 2.72. The van der Waals surface area contributed by atoms with E-state index in [4.69, 9.17) is 14.2 Å². The van der Waals surface area contributed by atoms with Gasteiger partial charge in [-0.2, -0.15) is 0 Å². The molecule has 0 fully saturated rings. The van der Waals surface area contributed by atoms with Crippen molar-refractivity contribution in [3.63, 3.8) is 0 Å². The highest BCUT2D eigenvalue weighted by Crippen LogP contribution is 2.26. The minimum Gasteiger partial charge on any atom is -0.490 e. The van der Waals surface area contributed by atoms with Crippen LogP contribution in [-0.2, 0) is 9.53 Å². The topological polar surface area (TPSA) is 73.9 Å². The summed E-state index contributed by atoms with van der Waals surface area (Å²) in [6, 6.07) is 13.7. The van der Waals surface area contributed by atoms with Crippen LogP contribution in [0.25, 0.3) is 0 Å². The fourth-order valence-corrected chi connectivity index (χ4v) is 2.20. The molecule has 0 unspecified atom stereocenters. The number of esters is 1. The molecular weight excluding hydrogens is 346 g/mol. The maximum absolute atomic E-state index is 12.1. The van der Waals surface area contributed by atoms with E-state index in [1.807, 2.05) is 32.9 Å². The Kier molecular flexibility index (Phi) is 7.67. The second-order valence-corrected chi connectivity index (χ2v) is 6.29. The fraction of sp³-hybridized carbons (Fsp3) is 0.333. The monoisotopic (exact) mass is 371 g/mol. The number of carbonyl (C=O) groups excluding carboxylic acids is 2. The van der Waals surface area contributed by atoms with Crippen molar-refractivity contribution in [1.82, 2.24) is 0 Å². The van der Waals surface area contributed by atoms with E-state index in [9.17, 15) is 9.59 Å². The molecule has 2 aromatic rings. The van der Waals surface area contributed by atoms with Crippen LogP contribution in [0.5, 0.6) is 11.5 Å². The minimum atomic E-state index is -0.377. The number of ether oxygens (including phenoxy) is 3.